The van der Waals surface area contributed by atoms with Crippen LogP contribution in [0.4, 0.5) is 20.4 Å². The van der Waals surface area contributed by atoms with Gasteiger partial charge in [0.1, 0.15) is 17.1 Å². The molecule has 2 aliphatic heterocycles. The highest BCUT2D eigenvalue weighted by molar-refractivity contribution is 8.13. The molecule has 0 spiro atoms. The number of rotatable bonds is 4. The van der Waals surface area contributed by atoms with Crippen molar-refractivity contribution in [2.24, 2.45) is 16.6 Å². The number of carbonyl (C=O) groups excluding carboxylic acids is 1. The zero-order valence-electron chi connectivity index (χ0n) is 17.3. The fourth-order valence-electron chi connectivity index (χ4n) is 4.22. The standard InChI is InChI=1S/C22H19F2N7OS/c23-15-4-5-18(26-7-15)19(32)29-17-3-1-2-13(6-17)22-12-31(21-27-8-16(24)9-28-21)10-14(22)11-33-20(25)30-22/h1-9,14H,10-12H2,(H2,25,30)(H,29,32)/t14-,22+/m0/s1. The van der Waals surface area contributed by atoms with Gasteiger partial charge in [0.25, 0.3) is 5.91 Å². The van der Waals surface area contributed by atoms with Crippen LogP contribution in [-0.2, 0) is 5.54 Å². The van der Waals surface area contributed by atoms with E-state index in [1.165, 1.54) is 23.9 Å². The molecule has 5 rings (SSSR count). The van der Waals surface area contributed by atoms with Crippen LogP contribution in [0.3, 0.4) is 0 Å². The van der Waals surface area contributed by atoms with Gasteiger partial charge in [-0.15, -0.1) is 0 Å². The number of pyridine rings is 1. The number of aromatic nitrogens is 3. The molecule has 2 aromatic heterocycles. The van der Waals surface area contributed by atoms with Crippen LogP contribution >= 0.6 is 11.8 Å². The number of nitrogens with one attached hydrogen (secondary N) is 1. The zero-order valence-corrected chi connectivity index (χ0v) is 18.1. The minimum atomic E-state index is -0.665. The van der Waals surface area contributed by atoms with Gasteiger partial charge in [-0.1, -0.05) is 23.9 Å². The summed E-state index contributed by atoms with van der Waals surface area (Å²) < 4.78 is 26.4. The molecule has 11 heteroatoms. The molecular weight excluding hydrogens is 448 g/mol. The van der Waals surface area contributed by atoms with E-state index in [1.807, 2.05) is 23.1 Å². The first-order valence-corrected chi connectivity index (χ1v) is 11.2. The number of nitrogens with zero attached hydrogens (tertiary/aromatic N) is 5. The van der Waals surface area contributed by atoms with Crippen LogP contribution in [0.1, 0.15) is 16.1 Å². The summed E-state index contributed by atoms with van der Waals surface area (Å²) in [6.07, 6.45) is 3.28. The Morgan fingerprint density at radius 3 is 2.67 bits per heavy atom. The van der Waals surface area contributed by atoms with E-state index in [0.717, 1.165) is 29.9 Å². The van der Waals surface area contributed by atoms with Crippen LogP contribution in [0.5, 0.6) is 0 Å². The summed E-state index contributed by atoms with van der Waals surface area (Å²) in [5.41, 5.74) is 7.01. The van der Waals surface area contributed by atoms with Gasteiger partial charge in [0.2, 0.25) is 5.95 Å². The van der Waals surface area contributed by atoms with Crippen molar-refractivity contribution in [3.05, 3.63) is 77.9 Å². The molecule has 1 amide bonds. The third-order valence-corrected chi connectivity index (χ3v) is 6.72. The number of amides is 1. The number of carbonyl (C=O) groups is 1. The average Bonchev–Trinajstić information content (AvgIpc) is 3.20. The van der Waals surface area contributed by atoms with E-state index >= 15 is 0 Å². The molecule has 0 aliphatic carbocycles. The summed E-state index contributed by atoms with van der Waals surface area (Å²) in [6, 6.07) is 9.90. The van der Waals surface area contributed by atoms with Gasteiger partial charge < -0.3 is 16.0 Å². The molecule has 2 aliphatic rings. The molecule has 0 bridgehead atoms. The predicted octanol–water partition coefficient (Wildman–Crippen LogP) is 2.80. The molecular formula is C22H19F2N7OS. The number of thioether (sulfide) groups is 1. The van der Waals surface area contributed by atoms with Gasteiger partial charge in [0, 0.05) is 23.9 Å². The molecule has 1 aromatic carbocycles. The van der Waals surface area contributed by atoms with Crippen LogP contribution in [0.25, 0.3) is 0 Å². The number of benzene rings is 1. The highest BCUT2D eigenvalue weighted by atomic mass is 32.2. The second-order valence-corrected chi connectivity index (χ2v) is 8.90. The third-order valence-electron chi connectivity index (χ3n) is 5.76. The van der Waals surface area contributed by atoms with Gasteiger partial charge in [-0.25, -0.2) is 28.7 Å². The van der Waals surface area contributed by atoms with Gasteiger partial charge in [-0.2, -0.15) is 0 Å². The fourth-order valence-corrected chi connectivity index (χ4v) is 5.20. The van der Waals surface area contributed by atoms with Gasteiger partial charge in [0.05, 0.1) is 25.1 Å². The summed E-state index contributed by atoms with van der Waals surface area (Å²) in [4.78, 5) is 31.4. The first kappa shape index (κ1) is 21.3. The molecule has 168 valence electrons. The van der Waals surface area contributed by atoms with Crippen molar-refractivity contribution in [3.63, 3.8) is 0 Å². The molecule has 0 saturated carbocycles. The van der Waals surface area contributed by atoms with Crippen molar-refractivity contribution in [1.82, 2.24) is 15.0 Å². The van der Waals surface area contributed by atoms with Crippen LogP contribution < -0.4 is 16.0 Å². The summed E-state index contributed by atoms with van der Waals surface area (Å²) >= 11 is 1.49. The number of fused-ring (bicyclic) bond motifs is 1. The van der Waals surface area contributed by atoms with Crippen molar-refractivity contribution in [2.45, 2.75) is 5.54 Å². The number of hydrogen-bond acceptors (Lipinski definition) is 8. The quantitative estimate of drug-likeness (QED) is 0.607. The molecule has 3 aromatic rings. The predicted molar refractivity (Wildman–Crippen MR) is 122 cm³/mol. The number of aliphatic imine (C=N–C) groups is 1. The van der Waals surface area contributed by atoms with E-state index in [0.29, 0.717) is 29.9 Å². The Morgan fingerprint density at radius 1 is 1.12 bits per heavy atom. The van der Waals surface area contributed by atoms with E-state index in [1.54, 1.807) is 6.07 Å². The summed E-state index contributed by atoms with van der Waals surface area (Å²) in [7, 11) is 0. The van der Waals surface area contributed by atoms with Gasteiger partial charge >= 0.3 is 0 Å². The Hall–Kier alpha value is -3.60. The lowest BCUT2D eigenvalue weighted by molar-refractivity contribution is 0.102. The Bertz CT molecular complexity index is 1220. The monoisotopic (exact) mass is 467 g/mol. The fraction of sp³-hybridized carbons (Fsp3) is 0.227. The van der Waals surface area contributed by atoms with Crippen LogP contribution in [0.15, 0.2) is 60.0 Å². The van der Waals surface area contributed by atoms with Gasteiger partial charge in [-0.05, 0) is 29.8 Å². The van der Waals surface area contributed by atoms with E-state index < -0.39 is 23.1 Å². The smallest absolute Gasteiger partial charge is 0.274 e. The largest absolute Gasteiger partial charge is 0.379 e. The van der Waals surface area contributed by atoms with Gasteiger partial charge in [-0.3, -0.25) is 4.79 Å². The Kier molecular flexibility index (Phi) is 5.41. The summed E-state index contributed by atoms with van der Waals surface area (Å²) in [5.74, 6) is -0.175. The second kappa shape index (κ2) is 8.39. The minimum Gasteiger partial charge on any atom is -0.379 e. The average molecular weight is 468 g/mol. The van der Waals surface area contributed by atoms with E-state index in [9.17, 15) is 13.6 Å². The molecule has 4 heterocycles. The Labute approximate surface area is 192 Å². The normalized spacial score (nSPS) is 21.9. The minimum absolute atomic E-state index is 0.105. The lowest BCUT2D eigenvalue weighted by Gasteiger charge is -2.34. The highest BCUT2D eigenvalue weighted by Crippen LogP contribution is 2.46. The van der Waals surface area contributed by atoms with Crippen molar-refractivity contribution in [1.29, 1.82) is 0 Å². The SMILES string of the molecule is NC1=N[C@@]2(c3cccc(NC(=O)c4ccc(F)cn4)c3)CN(c3ncc(F)cn3)C[C@H]2CS1. The number of hydrogen-bond donors (Lipinski definition) is 2. The number of halogens is 2. The highest BCUT2D eigenvalue weighted by Gasteiger charge is 2.50. The van der Waals surface area contributed by atoms with Crippen molar-refractivity contribution >= 4 is 34.5 Å². The maximum absolute atomic E-state index is 13.3. The molecule has 3 N–H and O–H groups in total. The van der Waals surface area contributed by atoms with Crippen LogP contribution in [0, 0.1) is 17.6 Å². The van der Waals surface area contributed by atoms with E-state index in [-0.39, 0.29) is 11.6 Å². The summed E-state index contributed by atoms with van der Waals surface area (Å²) in [5, 5.41) is 3.29. The molecule has 1 fully saturated rings. The van der Waals surface area contributed by atoms with Gasteiger partial charge in [0.15, 0.2) is 11.0 Å². The molecule has 0 radical (unpaired) electrons. The number of amidine groups is 1. The number of anilines is 2. The van der Waals surface area contributed by atoms with Crippen molar-refractivity contribution < 1.29 is 13.6 Å². The van der Waals surface area contributed by atoms with E-state index in [4.69, 9.17) is 10.7 Å². The maximum Gasteiger partial charge on any atom is 0.274 e. The van der Waals surface area contributed by atoms with Crippen molar-refractivity contribution in [3.8, 4) is 0 Å². The molecule has 1 saturated heterocycles. The Morgan fingerprint density at radius 2 is 1.91 bits per heavy atom. The first-order chi connectivity index (χ1) is 15.9. The molecule has 33 heavy (non-hydrogen) atoms. The lowest BCUT2D eigenvalue weighted by atomic mass is 9.81. The zero-order chi connectivity index (χ0) is 23.0. The lowest BCUT2D eigenvalue weighted by Crippen LogP contribution is -2.40. The molecule has 8 nitrogen and oxygen atoms in total. The second-order valence-electron chi connectivity index (χ2n) is 7.86. The van der Waals surface area contributed by atoms with Crippen LogP contribution in [0.2, 0.25) is 0 Å². The molecule has 2 atom stereocenters. The Balaban J connectivity index is 1.46. The maximum atomic E-state index is 13.3. The summed E-state index contributed by atoms with van der Waals surface area (Å²) in [6.45, 7) is 1.09. The molecule has 0 unspecified atom stereocenters. The number of nitrogens with two attached hydrogens (primary N) is 1. The third kappa shape index (κ3) is 4.11. The van der Waals surface area contributed by atoms with E-state index in [2.05, 4.69) is 20.3 Å². The van der Waals surface area contributed by atoms with Crippen molar-refractivity contribution in [2.75, 3.05) is 29.1 Å². The van der Waals surface area contributed by atoms with Crippen LogP contribution in [-0.4, -0.2) is 44.9 Å². The first-order valence-electron chi connectivity index (χ1n) is 10.2. The topological polar surface area (TPSA) is 109 Å².